The molecule has 0 atom stereocenters. The van der Waals surface area contributed by atoms with Crippen LogP contribution in [-0.4, -0.2) is 30.4 Å². The Labute approximate surface area is 155 Å². The van der Waals surface area contributed by atoms with Crippen LogP contribution in [0.3, 0.4) is 0 Å². The van der Waals surface area contributed by atoms with Crippen LogP contribution in [0.25, 0.3) is 0 Å². The minimum Gasteiger partial charge on any atom is -0.399 e. The first-order chi connectivity index (χ1) is 11.7. The van der Waals surface area contributed by atoms with Crippen LogP contribution in [0, 0.1) is 0 Å². The lowest BCUT2D eigenvalue weighted by Gasteiger charge is -2.32. The van der Waals surface area contributed by atoms with Gasteiger partial charge in [-0.05, 0) is 39.3 Å². The van der Waals surface area contributed by atoms with Gasteiger partial charge >= 0.3 is 7.12 Å². The quantitative estimate of drug-likeness (QED) is 0.781. The lowest BCUT2D eigenvalue weighted by molar-refractivity contribution is 0.00578. The molecule has 1 aliphatic heterocycles. The SMILES string of the molecule is CN(Cc1ccccc1)c1ncc(Cl)cc1B1OC(C)(C)C(C)(C)O1. The molecule has 1 aromatic heterocycles. The van der Waals surface area contributed by atoms with Crippen LogP contribution in [-0.2, 0) is 15.9 Å². The third-order valence-electron chi connectivity index (χ3n) is 4.99. The van der Waals surface area contributed by atoms with E-state index in [1.807, 2.05) is 59.0 Å². The lowest BCUT2D eigenvalue weighted by atomic mass is 9.79. The predicted molar refractivity (Wildman–Crippen MR) is 104 cm³/mol. The lowest BCUT2D eigenvalue weighted by Crippen LogP contribution is -2.41. The van der Waals surface area contributed by atoms with Gasteiger partial charge in [0.1, 0.15) is 5.82 Å². The second kappa shape index (κ2) is 6.63. The Balaban J connectivity index is 1.91. The van der Waals surface area contributed by atoms with Crippen molar-refractivity contribution in [3.63, 3.8) is 0 Å². The summed E-state index contributed by atoms with van der Waals surface area (Å²) in [6.07, 6.45) is 1.66. The molecule has 1 fully saturated rings. The van der Waals surface area contributed by atoms with E-state index >= 15 is 0 Å². The van der Waals surface area contributed by atoms with E-state index in [1.165, 1.54) is 5.56 Å². The molecule has 132 valence electrons. The maximum absolute atomic E-state index is 6.21. The summed E-state index contributed by atoms with van der Waals surface area (Å²) in [6, 6.07) is 12.2. The van der Waals surface area contributed by atoms with Gasteiger partial charge in [0.15, 0.2) is 0 Å². The van der Waals surface area contributed by atoms with Crippen LogP contribution in [0.2, 0.25) is 5.02 Å². The van der Waals surface area contributed by atoms with Gasteiger partial charge in [-0.2, -0.15) is 0 Å². The number of nitrogens with zero attached hydrogens (tertiary/aromatic N) is 2. The molecule has 0 bridgehead atoms. The summed E-state index contributed by atoms with van der Waals surface area (Å²) in [5, 5.41) is 0.571. The van der Waals surface area contributed by atoms with Gasteiger partial charge in [-0.15, -0.1) is 0 Å². The molecule has 1 aromatic carbocycles. The average molecular weight is 359 g/mol. The van der Waals surface area contributed by atoms with Crippen LogP contribution in [0.15, 0.2) is 42.6 Å². The maximum atomic E-state index is 6.21. The van der Waals surface area contributed by atoms with Crippen molar-refractivity contribution in [3.05, 3.63) is 53.2 Å². The number of hydrogen-bond acceptors (Lipinski definition) is 4. The third kappa shape index (κ3) is 3.69. The summed E-state index contributed by atoms with van der Waals surface area (Å²) >= 11 is 6.21. The summed E-state index contributed by atoms with van der Waals surface area (Å²) in [5.41, 5.74) is 1.25. The summed E-state index contributed by atoms with van der Waals surface area (Å²) in [5.74, 6) is 0.812. The molecule has 0 saturated carbocycles. The Kier molecular flexibility index (Phi) is 4.84. The predicted octanol–water partition coefficient (Wildman–Crippen LogP) is 3.67. The first kappa shape index (κ1) is 18.2. The first-order valence-corrected chi connectivity index (χ1v) is 8.83. The van der Waals surface area contributed by atoms with Crippen LogP contribution < -0.4 is 10.4 Å². The molecule has 0 aliphatic carbocycles. The van der Waals surface area contributed by atoms with E-state index in [-0.39, 0.29) is 0 Å². The minimum atomic E-state index is -0.496. The molecule has 2 aromatic rings. The molecule has 1 aliphatic rings. The van der Waals surface area contributed by atoms with E-state index < -0.39 is 18.3 Å². The Hall–Kier alpha value is -1.56. The van der Waals surface area contributed by atoms with Crippen molar-refractivity contribution in [2.45, 2.75) is 45.4 Å². The van der Waals surface area contributed by atoms with Crippen LogP contribution >= 0.6 is 11.6 Å². The zero-order chi connectivity index (χ0) is 18.2. The zero-order valence-electron chi connectivity index (χ0n) is 15.4. The normalized spacial score (nSPS) is 18.4. The zero-order valence-corrected chi connectivity index (χ0v) is 16.2. The van der Waals surface area contributed by atoms with Gasteiger partial charge in [-0.25, -0.2) is 4.98 Å². The van der Waals surface area contributed by atoms with Crippen molar-refractivity contribution in [3.8, 4) is 0 Å². The number of anilines is 1. The monoisotopic (exact) mass is 358 g/mol. The molecule has 1 saturated heterocycles. The first-order valence-electron chi connectivity index (χ1n) is 8.46. The fourth-order valence-electron chi connectivity index (χ4n) is 2.84. The summed E-state index contributed by atoms with van der Waals surface area (Å²) in [7, 11) is 1.52. The third-order valence-corrected chi connectivity index (χ3v) is 5.20. The molecular formula is C19H24BClN2O2. The molecule has 4 nitrogen and oxygen atoms in total. The van der Waals surface area contributed by atoms with Crippen LogP contribution in [0.1, 0.15) is 33.3 Å². The largest absolute Gasteiger partial charge is 0.498 e. The number of hydrogen-bond donors (Lipinski definition) is 0. The maximum Gasteiger partial charge on any atom is 0.498 e. The molecular weight excluding hydrogens is 334 g/mol. The second-order valence-electron chi connectivity index (χ2n) is 7.50. The highest BCUT2D eigenvalue weighted by Gasteiger charge is 2.52. The van der Waals surface area contributed by atoms with Gasteiger partial charge in [-0.1, -0.05) is 41.9 Å². The fourth-order valence-corrected chi connectivity index (χ4v) is 3.01. The van der Waals surface area contributed by atoms with Crippen molar-refractivity contribution in [2.24, 2.45) is 0 Å². The highest BCUT2D eigenvalue weighted by atomic mass is 35.5. The van der Waals surface area contributed by atoms with E-state index in [1.54, 1.807) is 6.20 Å². The Bertz CT molecular complexity index is 736. The van der Waals surface area contributed by atoms with Crippen LogP contribution in [0.5, 0.6) is 0 Å². The summed E-state index contributed by atoms with van der Waals surface area (Å²) < 4.78 is 12.4. The Morgan fingerprint density at radius 2 is 1.68 bits per heavy atom. The smallest absolute Gasteiger partial charge is 0.399 e. The van der Waals surface area contributed by atoms with Crippen molar-refractivity contribution < 1.29 is 9.31 Å². The topological polar surface area (TPSA) is 34.6 Å². The van der Waals surface area contributed by atoms with E-state index in [0.29, 0.717) is 5.02 Å². The van der Waals surface area contributed by atoms with Gasteiger partial charge < -0.3 is 14.2 Å². The van der Waals surface area contributed by atoms with Crippen molar-refractivity contribution in [1.82, 2.24) is 4.98 Å². The standard InChI is InChI=1S/C19H24BClN2O2/c1-18(2)19(3,4)25-20(24-18)16-11-15(21)12-22-17(16)23(5)13-14-9-7-6-8-10-14/h6-12H,13H2,1-5H3. The molecule has 2 heterocycles. The fraction of sp³-hybridized carbons (Fsp3) is 0.421. The molecule has 0 N–H and O–H groups in total. The molecule has 25 heavy (non-hydrogen) atoms. The van der Waals surface area contributed by atoms with Gasteiger partial charge in [0.05, 0.1) is 16.2 Å². The van der Waals surface area contributed by atoms with E-state index in [9.17, 15) is 0 Å². The van der Waals surface area contributed by atoms with Gasteiger partial charge in [0.25, 0.3) is 0 Å². The van der Waals surface area contributed by atoms with Crippen molar-refractivity contribution in [2.75, 3.05) is 11.9 Å². The van der Waals surface area contributed by atoms with E-state index in [2.05, 4.69) is 22.0 Å². The molecule has 0 amide bonds. The molecule has 0 radical (unpaired) electrons. The molecule has 0 spiro atoms. The van der Waals surface area contributed by atoms with E-state index in [0.717, 1.165) is 17.8 Å². The van der Waals surface area contributed by atoms with E-state index in [4.69, 9.17) is 20.9 Å². The number of benzene rings is 1. The van der Waals surface area contributed by atoms with Crippen molar-refractivity contribution >= 4 is 30.0 Å². The van der Waals surface area contributed by atoms with Crippen molar-refractivity contribution in [1.29, 1.82) is 0 Å². The number of pyridine rings is 1. The van der Waals surface area contributed by atoms with Gasteiger partial charge in [0.2, 0.25) is 0 Å². The van der Waals surface area contributed by atoms with Gasteiger partial charge in [-0.3, -0.25) is 0 Å². The Morgan fingerprint density at radius 3 is 2.28 bits per heavy atom. The average Bonchev–Trinajstić information content (AvgIpc) is 2.76. The minimum absolute atomic E-state index is 0.407. The van der Waals surface area contributed by atoms with Crippen LogP contribution in [0.4, 0.5) is 5.82 Å². The molecule has 0 unspecified atom stereocenters. The second-order valence-corrected chi connectivity index (χ2v) is 7.93. The highest BCUT2D eigenvalue weighted by Crippen LogP contribution is 2.37. The molecule has 6 heteroatoms. The summed E-state index contributed by atoms with van der Waals surface area (Å²) in [6.45, 7) is 8.90. The highest BCUT2D eigenvalue weighted by molar-refractivity contribution is 6.64. The Morgan fingerprint density at radius 1 is 1.08 bits per heavy atom. The van der Waals surface area contributed by atoms with Gasteiger partial charge in [0, 0.05) is 25.3 Å². The number of aromatic nitrogens is 1. The molecule has 3 rings (SSSR count). The summed E-state index contributed by atoms with van der Waals surface area (Å²) in [4.78, 5) is 6.64. The number of rotatable bonds is 4. The number of halogens is 1.